The summed E-state index contributed by atoms with van der Waals surface area (Å²) >= 11 is 12.7. The molecule has 18 radical (unpaired) electrons. The number of H-pyrrole nitrogens is 1. The van der Waals surface area contributed by atoms with E-state index in [1.807, 2.05) is 30.3 Å². The number of aromatic nitrogens is 6. The fraction of sp³-hybridized carbons (Fsp3) is 0.447. The second-order valence-electron chi connectivity index (χ2n) is 22.8. The van der Waals surface area contributed by atoms with E-state index in [4.69, 9.17) is 103 Å². The highest BCUT2D eigenvalue weighted by molar-refractivity contribution is 8.13. The number of benzene rings is 2. The Morgan fingerprint density at radius 1 is 0.624 bits per heavy atom. The Hall–Kier alpha value is -3.76. The molecule has 0 saturated heterocycles. The van der Waals surface area contributed by atoms with Crippen LogP contribution in [0.2, 0.25) is 35.7 Å². The number of fused-ring (bicyclic) bond motifs is 2. The minimum Gasteiger partial charge on any atom is -0.361 e. The number of nitrogens with one attached hydrogen (secondary N) is 5. The van der Waals surface area contributed by atoms with Crippen molar-refractivity contribution in [2.45, 2.75) is 115 Å². The molecule has 0 spiro atoms. The molecule has 5 N–H and O–H groups in total. The van der Waals surface area contributed by atoms with Crippen LogP contribution in [0.3, 0.4) is 0 Å². The minimum atomic E-state index is -3.22. The molecule has 4 heterocycles. The van der Waals surface area contributed by atoms with Crippen molar-refractivity contribution in [3.63, 3.8) is 0 Å². The van der Waals surface area contributed by atoms with Gasteiger partial charge >= 0.3 is 0 Å². The maximum Gasteiger partial charge on any atom is 0.262 e. The van der Waals surface area contributed by atoms with Gasteiger partial charge in [-0.1, -0.05) is 86.7 Å². The zero-order valence-corrected chi connectivity index (χ0v) is 52.1. The SMILES string of the molecule is C.CS(=O)(=O)NC1CCC(Nc2ncc3cc(-c4ccccc4Cl)c(=O)[nH]c3n2)CC1.C[Si](C)(C)CCOCn1c(=O)c(-c2ccccc2Cl)cc2cnc(NC3CCC(NS(C)(=O)=O)CC3)nc21.[B]B([B])B([B])B(B([B])[B])B(B([B])[B])B([B])[B]. The third kappa shape index (κ3) is 21.8. The fourth-order valence-corrected chi connectivity index (χ4v) is 13.1. The highest BCUT2D eigenvalue weighted by Crippen LogP contribution is 2.30. The van der Waals surface area contributed by atoms with E-state index in [9.17, 15) is 26.4 Å². The van der Waals surface area contributed by atoms with Crippen LogP contribution in [0.4, 0.5) is 11.9 Å². The van der Waals surface area contributed by atoms with Gasteiger partial charge in [-0.2, -0.15) is 9.97 Å². The zero-order chi connectivity index (χ0) is 61.8. The number of halogens is 2. The Labute approximate surface area is 527 Å². The van der Waals surface area contributed by atoms with E-state index in [2.05, 4.69) is 59.7 Å². The number of nitrogens with zero attached hydrogens (tertiary/aromatic N) is 5. The number of sulfonamides is 2. The van der Waals surface area contributed by atoms with Crippen LogP contribution in [0.25, 0.3) is 44.3 Å². The molecule has 0 unspecified atom stereocenters. The van der Waals surface area contributed by atoms with E-state index in [-0.39, 0.29) is 49.4 Å². The van der Waals surface area contributed by atoms with Crippen molar-refractivity contribution in [3.05, 3.63) is 104 Å². The van der Waals surface area contributed by atoms with Crippen molar-refractivity contribution >= 4 is 200 Å². The monoisotopic (exact) mass is 1220 g/mol. The fourth-order valence-electron chi connectivity index (χ4n) is 10.2. The molecule has 0 amide bonds. The minimum absolute atomic E-state index is 0. The van der Waals surface area contributed by atoms with Crippen molar-refractivity contribution in [1.29, 1.82) is 0 Å². The van der Waals surface area contributed by atoms with E-state index in [0.29, 0.717) is 72.9 Å². The van der Waals surface area contributed by atoms with Crippen LogP contribution in [0.1, 0.15) is 58.8 Å². The van der Waals surface area contributed by atoms with E-state index in [1.165, 1.54) is 12.5 Å². The second-order valence-corrected chi connectivity index (χ2v) is 32.8. The molecule has 420 valence electrons. The van der Waals surface area contributed by atoms with Gasteiger partial charge in [-0.3, -0.25) is 14.2 Å². The molecule has 2 aliphatic rings. The molecule has 0 bridgehead atoms. The van der Waals surface area contributed by atoms with E-state index < -0.39 is 72.8 Å². The number of hydrogen-bond donors (Lipinski definition) is 5. The number of ether oxygens (including phenoxy) is 1. The number of hydrogen-bond acceptors (Lipinski definition) is 13. The van der Waals surface area contributed by atoms with Crippen LogP contribution < -0.4 is 31.2 Å². The Morgan fingerprint density at radius 3 is 1.51 bits per heavy atom. The van der Waals surface area contributed by atoms with Crippen molar-refractivity contribution in [2.24, 2.45) is 0 Å². The molecule has 38 heteroatoms. The smallest absolute Gasteiger partial charge is 0.262 e. The van der Waals surface area contributed by atoms with Crippen molar-refractivity contribution in [2.75, 3.05) is 29.8 Å². The van der Waals surface area contributed by atoms with Crippen molar-refractivity contribution < 1.29 is 21.6 Å². The van der Waals surface area contributed by atoms with Crippen LogP contribution >= 0.6 is 23.2 Å². The van der Waals surface area contributed by atoms with Gasteiger partial charge in [0, 0.05) is 209 Å². The van der Waals surface area contributed by atoms with Gasteiger partial charge in [-0.15, -0.1) is 0 Å². The summed E-state index contributed by atoms with van der Waals surface area (Å²) < 4.78 is 58.7. The Bertz CT molecular complexity index is 3530. The molecular formula is C47H62B16Cl2N10O7S2Si. The number of rotatable bonds is 21. The Morgan fingerprint density at radius 2 is 1.06 bits per heavy atom. The summed E-state index contributed by atoms with van der Waals surface area (Å²) in [5, 5.41) is 9.07. The first-order chi connectivity index (χ1) is 39.4. The summed E-state index contributed by atoms with van der Waals surface area (Å²) in [6.07, 6.45) is 6.84. The van der Waals surface area contributed by atoms with Gasteiger partial charge in [0.25, 0.3) is 11.1 Å². The van der Waals surface area contributed by atoms with Gasteiger partial charge in [-0.05, 0) is 81.7 Å². The summed E-state index contributed by atoms with van der Waals surface area (Å²) in [6.45, 7) is 7.50. The van der Waals surface area contributed by atoms with Crippen LogP contribution in [-0.2, 0) is 31.5 Å². The normalized spacial score (nSPS) is 16.9. The molecule has 0 aliphatic heterocycles. The molecule has 2 saturated carbocycles. The van der Waals surface area contributed by atoms with Crippen LogP contribution in [0.15, 0.2) is 82.6 Å². The average Bonchev–Trinajstić information content (AvgIpc) is 3.60. The molecular weight excluding hydrogens is 1150 g/mol. The summed E-state index contributed by atoms with van der Waals surface area (Å²) in [7, 11) is 42.7. The number of pyridine rings is 2. The standard InChI is InChI=1S/C26H36ClN5O4SSi.C20H22ClN5O3S.CH4.B16/c1-37(34,35)31-20-11-9-19(10-12-20)29-26-28-16-18-15-22(21-7-5-6-8-23(21)27)25(33)32(24(18)30-26)17-36-13-14-38(2,3)4;1-30(28,29)26-14-8-6-13(7-9-14)23-20-22-11-12-10-16(19(27)24-18(12)25-20)15-4-2-3-5-17(15)21;;1-10(2)14(9)16(13(7)8)15(11(3)4)12(5)6/h5-8,15-16,19-20,31H,9-14,17H2,1-4H3,(H,28,29,30);2-5,10-11,13-14,26H,6-9H2,1H3,(H2,22,23,24,25,27);1H4;. The lowest BCUT2D eigenvalue weighted by Crippen LogP contribution is -2.75. The molecule has 2 fully saturated rings. The first-order valence-corrected chi connectivity index (χ1v) is 35.8. The van der Waals surface area contributed by atoms with E-state index >= 15 is 0 Å². The molecule has 2 aromatic carbocycles. The first-order valence-electron chi connectivity index (χ1n) is 27.5. The lowest BCUT2D eigenvalue weighted by Gasteiger charge is -2.37. The van der Waals surface area contributed by atoms with Gasteiger partial charge < -0.3 is 20.4 Å². The second kappa shape index (κ2) is 32.1. The maximum atomic E-state index is 13.7. The highest BCUT2D eigenvalue weighted by atomic mass is 35.5. The maximum absolute atomic E-state index is 13.7. The van der Waals surface area contributed by atoms with Crippen LogP contribution in [-0.4, -0.2) is 212 Å². The predicted octanol–water partition coefficient (Wildman–Crippen LogP) is 2.15. The van der Waals surface area contributed by atoms with E-state index in [0.717, 1.165) is 57.4 Å². The third-order valence-electron chi connectivity index (χ3n) is 14.5. The molecule has 6 aromatic rings. The van der Waals surface area contributed by atoms with Gasteiger partial charge in [-0.25, -0.2) is 36.2 Å². The lowest BCUT2D eigenvalue weighted by molar-refractivity contribution is 0.0876. The molecule has 4 aromatic heterocycles. The summed E-state index contributed by atoms with van der Waals surface area (Å²) in [5.74, 6) is 0.862. The van der Waals surface area contributed by atoms with Gasteiger partial charge in [0.05, 0.1) is 12.5 Å². The summed E-state index contributed by atoms with van der Waals surface area (Å²) in [6, 6.07) is 19.1. The molecule has 2 aliphatic carbocycles. The molecule has 17 nitrogen and oxygen atoms in total. The van der Waals surface area contributed by atoms with Gasteiger partial charge in [0.2, 0.25) is 31.9 Å². The molecule has 8 rings (SSSR count). The highest BCUT2D eigenvalue weighted by Gasteiger charge is 2.38. The number of aromatic amines is 1. The van der Waals surface area contributed by atoms with Crippen molar-refractivity contribution in [3.8, 4) is 22.3 Å². The van der Waals surface area contributed by atoms with Gasteiger partial charge in [0.1, 0.15) is 18.0 Å². The van der Waals surface area contributed by atoms with Gasteiger partial charge in [0.15, 0.2) is 0 Å². The Kier molecular flexibility index (Phi) is 27.2. The van der Waals surface area contributed by atoms with Crippen LogP contribution in [0.5, 0.6) is 0 Å². The predicted molar refractivity (Wildman–Crippen MR) is 373 cm³/mol. The van der Waals surface area contributed by atoms with E-state index in [1.54, 1.807) is 47.3 Å². The first kappa shape index (κ1) is 72.0. The zero-order valence-electron chi connectivity index (χ0n) is 47.9. The summed E-state index contributed by atoms with van der Waals surface area (Å²) in [5.41, 5.74) is 2.68. The van der Waals surface area contributed by atoms with Crippen molar-refractivity contribution in [1.82, 2.24) is 38.9 Å². The number of anilines is 2. The third-order valence-corrected chi connectivity index (χ3v) is 18.4. The Balaban J connectivity index is 0.000000251. The lowest BCUT2D eigenvalue weighted by atomic mass is 8.44. The molecule has 0 atom stereocenters. The average molecular weight is 1220 g/mol. The summed E-state index contributed by atoms with van der Waals surface area (Å²) in [4.78, 5) is 47.1. The largest absolute Gasteiger partial charge is 0.361 e. The quantitative estimate of drug-likeness (QED) is 0.0515. The topological polar surface area (TPSA) is 232 Å². The van der Waals surface area contributed by atoms with Crippen LogP contribution in [0, 0.1) is 0 Å². The molecule has 85 heavy (non-hydrogen) atoms.